The Labute approximate surface area is 180 Å². The number of pyridine rings is 1. The number of rotatable bonds is 4. The first-order valence-corrected chi connectivity index (χ1v) is 10.8. The van der Waals surface area contributed by atoms with Gasteiger partial charge in [-0.15, -0.1) is 0 Å². The third-order valence-electron chi connectivity index (χ3n) is 6.31. The zero-order chi connectivity index (χ0) is 20.8. The molecule has 1 fully saturated rings. The number of nitrogens with zero attached hydrogens (tertiary/aromatic N) is 4. The molecular formula is C26H23N5. The molecule has 152 valence electrons. The van der Waals surface area contributed by atoms with Gasteiger partial charge in [0.05, 0.1) is 17.4 Å². The smallest absolute Gasteiger partial charge is 0.156 e. The predicted molar refractivity (Wildman–Crippen MR) is 125 cm³/mol. The monoisotopic (exact) mass is 405 g/mol. The average molecular weight is 406 g/mol. The van der Waals surface area contributed by atoms with Crippen LogP contribution >= 0.6 is 0 Å². The largest absolute Gasteiger partial charge is 0.338 e. The van der Waals surface area contributed by atoms with E-state index < -0.39 is 0 Å². The summed E-state index contributed by atoms with van der Waals surface area (Å²) in [7, 11) is 0. The topological polar surface area (TPSA) is 55.1 Å². The van der Waals surface area contributed by atoms with E-state index in [1.807, 2.05) is 36.8 Å². The van der Waals surface area contributed by atoms with Crippen molar-refractivity contribution in [2.75, 3.05) is 5.32 Å². The highest BCUT2D eigenvalue weighted by molar-refractivity contribution is 5.88. The van der Waals surface area contributed by atoms with E-state index in [4.69, 9.17) is 9.97 Å². The Balaban J connectivity index is 1.39. The van der Waals surface area contributed by atoms with E-state index in [9.17, 15) is 0 Å². The van der Waals surface area contributed by atoms with Crippen LogP contribution < -0.4 is 5.32 Å². The highest BCUT2D eigenvalue weighted by atomic mass is 15.1. The first-order chi connectivity index (χ1) is 15.3. The van der Waals surface area contributed by atoms with Crippen LogP contribution in [-0.2, 0) is 0 Å². The van der Waals surface area contributed by atoms with Crippen LogP contribution in [0, 0.1) is 6.92 Å². The molecule has 1 N–H and O–H groups in total. The fourth-order valence-electron chi connectivity index (χ4n) is 4.39. The summed E-state index contributed by atoms with van der Waals surface area (Å²) >= 11 is 0. The van der Waals surface area contributed by atoms with Gasteiger partial charge in [0.2, 0.25) is 0 Å². The van der Waals surface area contributed by atoms with Crippen LogP contribution in [0.4, 0.5) is 11.5 Å². The van der Waals surface area contributed by atoms with Crippen LogP contribution in [0.5, 0.6) is 0 Å². The molecule has 0 bridgehead atoms. The van der Waals surface area contributed by atoms with Crippen molar-refractivity contribution in [3.63, 3.8) is 0 Å². The van der Waals surface area contributed by atoms with Gasteiger partial charge in [-0.1, -0.05) is 42.8 Å². The summed E-state index contributed by atoms with van der Waals surface area (Å²) in [6.07, 6.45) is 9.53. The van der Waals surface area contributed by atoms with Crippen LogP contribution in [0.3, 0.4) is 0 Å². The van der Waals surface area contributed by atoms with Gasteiger partial charge in [0.15, 0.2) is 5.82 Å². The van der Waals surface area contributed by atoms with E-state index >= 15 is 0 Å². The Bertz CT molecular complexity index is 1400. The molecular weight excluding hydrogens is 382 g/mol. The number of fused-ring (bicyclic) bond motifs is 2. The van der Waals surface area contributed by atoms with Gasteiger partial charge < -0.3 is 5.32 Å². The van der Waals surface area contributed by atoms with E-state index in [0.717, 1.165) is 45.0 Å². The molecule has 3 aromatic heterocycles. The van der Waals surface area contributed by atoms with E-state index in [1.54, 1.807) is 0 Å². The number of anilines is 2. The summed E-state index contributed by atoms with van der Waals surface area (Å²) in [6, 6.07) is 18.8. The van der Waals surface area contributed by atoms with Crippen LogP contribution in [0.25, 0.3) is 27.7 Å². The Kier molecular flexibility index (Phi) is 4.20. The first-order valence-electron chi connectivity index (χ1n) is 10.8. The molecule has 0 amide bonds. The number of hydrogen-bond donors (Lipinski definition) is 1. The van der Waals surface area contributed by atoms with Crippen molar-refractivity contribution < 1.29 is 0 Å². The molecule has 0 saturated heterocycles. The number of imidazole rings is 1. The van der Waals surface area contributed by atoms with Crippen molar-refractivity contribution in [1.29, 1.82) is 0 Å². The third-order valence-corrected chi connectivity index (χ3v) is 6.31. The molecule has 31 heavy (non-hydrogen) atoms. The van der Waals surface area contributed by atoms with Gasteiger partial charge in [-0.2, -0.15) is 0 Å². The Morgan fingerprint density at radius 3 is 2.68 bits per heavy atom. The molecule has 6 rings (SSSR count). The molecule has 0 spiro atoms. The van der Waals surface area contributed by atoms with Crippen LogP contribution in [-0.4, -0.2) is 19.4 Å². The predicted octanol–water partition coefficient (Wildman–Crippen LogP) is 6.26. The van der Waals surface area contributed by atoms with Crippen LogP contribution in [0.2, 0.25) is 0 Å². The summed E-state index contributed by atoms with van der Waals surface area (Å²) in [4.78, 5) is 14.2. The maximum absolute atomic E-state index is 4.94. The van der Waals surface area contributed by atoms with Gasteiger partial charge in [0, 0.05) is 34.9 Å². The van der Waals surface area contributed by atoms with Crippen molar-refractivity contribution in [3.8, 4) is 11.3 Å². The summed E-state index contributed by atoms with van der Waals surface area (Å²) in [5, 5.41) is 4.65. The van der Waals surface area contributed by atoms with E-state index in [0.29, 0.717) is 5.92 Å². The molecule has 5 nitrogen and oxygen atoms in total. The Hall–Kier alpha value is -3.73. The van der Waals surface area contributed by atoms with Gasteiger partial charge in [0.25, 0.3) is 0 Å². The lowest BCUT2D eigenvalue weighted by atomic mass is 9.85. The lowest BCUT2D eigenvalue weighted by Crippen LogP contribution is -2.12. The second-order valence-electron chi connectivity index (χ2n) is 8.32. The van der Waals surface area contributed by atoms with Gasteiger partial charge in [-0.05, 0) is 43.5 Å². The summed E-state index contributed by atoms with van der Waals surface area (Å²) < 4.78 is 2.18. The van der Waals surface area contributed by atoms with Crippen molar-refractivity contribution in [2.24, 2.45) is 0 Å². The minimum absolute atomic E-state index is 0.571. The number of benzene rings is 2. The number of nitrogens with one attached hydrogen (secondary N) is 1. The van der Waals surface area contributed by atoms with Crippen molar-refractivity contribution >= 4 is 27.9 Å². The summed E-state index contributed by atoms with van der Waals surface area (Å²) in [6.45, 7) is 2.14. The van der Waals surface area contributed by atoms with Crippen molar-refractivity contribution in [3.05, 3.63) is 84.6 Å². The second-order valence-corrected chi connectivity index (χ2v) is 8.32. The number of aryl methyl sites for hydroxylation is 1. The third kappa shape index (κ3) is 3.13. The molecule has 0 aliphatic heterocycles. The highest BCUT2D eigenvalue weighted by Gasteiger charge is 2.24. The molecule has 0 radical (unpaired) electrons. The number of aromatic nitrogens is 4. The standard InChI is InChI=1S/C26H23N5/c1-17-14-22(18-6-3-2-4-7-18)30-23-15-20(10-11-21(17)23)29-25-24-16-28-26(19-8-5-9-19)31(24)13-12-27-25/h2-4,6-7,10-16,19H,5,8-9H2,1H3,(H,27,29). The first kappa shape index (κ1) is 18.1. The normalized spacial score (nSPS) is 14.1. The molecule has 1 aliphatic rings. The summed E-state index contributed by atoms with van der Waals surface area (Å²) in [5.74, 6) is 2.54. The van der Waals surface area contributed by atoms with Gasteiger partial charge in [0.1, 0.15) is 11.3 Å². The maximum atomic E-state index is 4.94. The molecule has 1 saturated carbocycles. The fraction of sp³-hybridized carbons (Fsp3) is 0.192. The summed E-state index contributed by atoms with van der Waals surface area (Å²) in [5.41, 5.74) is 6.28. The second kappa shape index (κ2) is 7.20. The molecule has 0 atom stereocenters. The van der Waals surface area contributed by atoms with Crippen molar-refractivity contribution in [2.45, 2.75) is 32.1 Å². The average Bonchev–Trinajstić information content (AvgIpc) is 3.18. The molecule has 0 unspecified atom stereocenters. The number of hydrogen-bond acceptors (Lipinski definition) is 4. The van der Waals surface area contributed by atoms with Crippen LogP contribution in [0.1, 0.15) is 36.6 Å². The zero-order valence-electron chi connectivity index (χ0n) is 17.4. The molecule has 1 aliphatic carbocycles. The van der Waals surface area contributed by atoms with Crippen molar-refractivity contribution in [1.82, 2.24) is 19.4 Å². The van der Waals surface area contributed by atoms with Gasteiger partial charge >= 0.3 is 0 Å². The Morgan fingerprint density at radius 1 is 1.00 bits per heavy atom. The maximum Gasteiger partial charge on any atom is 0.156 e. The van der Waals surface area contributed by atoms with Crippen LogP contribution in [0.15, 0.2) is 73.2 Å². The lowest BCUT2D eigenvalue weighted by molar-refractivity contribution is 0.400. The quantitative estimate of drug-likeness (QED) is 0.383. The van der Waals surface area contributed by atoms with E-state index in [2.05, 4.69) is 58.0 Å². The van der Waals surface area contributed by atoms with E-state index in [-0.39, 0.29) is 0 Å². The fourth-order valence-corrected chi connectivity index (χ4v) is 4.39. The molecule has 5 heteroatoms. The minimum atomic E-state index is 0.571. The highest BCUT2D eigenvalue weighted by Crippen LogP contribution is 2.36. The molecule has 2 aromatic carbocycles. The zero-order valence-corrected chi connectivity index (χ0v) is 17.4. The Morgan fingerprint density at radius 2 is 1.87 bits per heavy atom. The lowest BCUT2D eigenvalue weighted by Gasteiger charge is -2.24. The minimum Gasteiger partial charge on any atom is -0.338 e. The van der Waals surface area contributed by atoms with Gasteiger partial charge in [-0.25, -0.2) is 15.0 Å². The molecule has 5 aromatic rings. The SMILES string of the molecule is Cc1cc(-c2ccccc2)nc2cc(Nc3nccn4c(C5CCC5)ncc34)ccc12. The van der Waals surface area contributed by atoms with Gasteiger partial charge in [-0.3, -0.25) is 4.40 Å². The molecule has 3 heterocycles. The van der Waals surface area contributed by atoms with E-state index in [1.165, 1.54) is 24.8 Å².